The maximum Gasteiger partial charge on any atom is 0.394 e. The van der Waals surface area contributed by atoms with Gasteiger partial charge in [-0.2, -0.15) is 8.42 Å². The van der Waals surface area contributed by atoms with Gasteiger partial charge in [-0.05, 0) is 46.5 Å². The molecule has 0 unspecified atom stereocenters. The fourth-order valence-electron chi connectivity index (χ4n) is 5.88. The highest BCUT2D eigenvalue weighted by Gasteiger charge is 2.16. The van der Waals surface area contributed by atoms with E-state index in [0.717, 1.165) is 33.3 Å². The third-order valence-electron chi connectivity index (χ3n) is 7.97. The summed E-state index contributed by atoms with van der Waals surface area (Å²) >= 11 is 0. The van der Waals surface area contributed by atoms with Crippen molar-refractivity contribution in [2.45, 2.75) is 7.43 Å². The predicted molar refractivity (Wildman–Crippen MR) is 206 cm³/mol. The van der Waals surface area contributed by atoms with Gasteiger partial charge in [0.05, 0.1) is 16.3 Å². The molecule has 256 valence electrons. The summed E-state index contributed by atoms with van der Waals surface area (Å²) in [5.41, 5.74) is 11.4. The normalized spacial score (nSPS) is 10.7. The van der Waals surface area contributed by atoms with Gasteiger partial charge in [-0.3, -0.25) is 19.2 Å². The van der Waals surface area contributed by atoms with Crippen molar-refractivity contribution in [3.63, 3.8) is 0 Å². The van der Waals surface area contributed by atoms with E-state index in [-0.39, 0.29) is 18.0 Å². The maximum atomic E-state index is 10.9. The number of para-hydroxylation sites is 2. The fourth-order valence-corrected chi connectivity index (χ4v) is 5.88. The molecule has 0 atom stereocenters. The van der Waals surface area contributed by atoms with Gasteiger partial charge in [-0.15, -0.1) is 0 Å². The van der Waals surface area contributed by atoms with E-state index >= 15 is 0 Å². The number of nitro benzene ring substituents is 1. The number of aromatic amines is 2. The predicted octanol–water partition coefficient (Wildman–Crippen LogP) is 10.9. The van der Waals surface area contributed by atoms with Crippen molar-refractivity contribution in [2.75, 3.05) is 0 Å². The lowest BCUT2D eigenvalue weighted by Crippen LogP contribution is -1.89. The van der Waals surface area contributed by atoms with Crippen molar-refractivity contribution in [1.82, 2.24) is 9.97 Å². The van der Waals surface area contributed by atoms with Gasteiger partial charge in [0.25, 0.3) is 5.69 Å². The van der Waals surface area contributed by atoms with E-state index in [2.05, 4.69) is 107 Å². The second-order valence-electron chi connectivity index (χ2n) is 11.2. The Kier molecular flexibility index (Phi) is 11.2. The Hall–Kier alpha value is -6.33. The molecular weight excluding hydrogens is 663 g/mol. The smallest absolute Gasteiger partial charge is 0.354 e. The van der Waals surface area contributed by atoms with Gasteiger partial charge in [-0.25, -0.2) is 0 Å². The third kappa shape index (κ3) is 8.64. The number of non-ortho nitro benzene ring substituents is 1. The highest BCUT2D eigenvalue weighted by atomic mass is 32.3. The van der Waals surface area contributed by atoms with E-state index in [9.17, 15) is 10.1 Å². The lowest BCUT2D eigenvalue weighted by atomic mass is 9.98. The summed E-state index contributed by atoms with van der Waals surface area (Å²) in [5.74, 6) is 0. The quantitative estimate of drug-likeness (QED) is 0.0798. The summed E-state index contributed by atoms with van der Waals surface area (Å²) in [5, 5.41) is 13.3. The molecule has 10 heteroatoms. The average molecular weight is 698 g/mol. The standard InChI is InChI=1S/C20H14N2O2.C20H15N.CH4.H2O4S/c23-22(24)16-12-10-14(11-13-16)19-17-8-4-5-9-18(17)21-20(19)15-6-2-1-3-7-15;1-3-9-15(10-4-1)19-17-13-7-8-14-18(17)21-20(19)16-11-5-2-6-12-16;;1-5(2,3)4/h1-13,21H;1-14,21H;1H4;(H2,1,2,3,4). The number of fused-ring (bicyclic) bond motifs is 2. The number of hydrogen-bond acceptors (Lipinski definition) is 4. The maximum absolute atomic E-state index is 10.9. The Morgan fingerprint density at radius 2 is 0.784 bits per heavy atom. The van der Waals surface area contributed by atoms with E-state index in [1.165, 1.54) is 33.3 Å². The first-order valence-electron chi connectivity index (χ1n) is 15.5. The molecule has 8 aromatic rings. The van der Waals surface area contributed by atoms with Gasteiger partial charge in [-0.1, -0.05) is 135 Å². The second kappa shape index (κ2) is 15.9. The van der Waals surface area contributed by atoms with Gasteiger partial charge < -0.3 is 9.97 Å². The van der Waals surface area contributed by atoms with Crippen LogP contribution in [0.25, 0.3) is 66.6 Å². The minimum Gasteiger partial charge on any atom is -0.354 e. The molecule has 0 aliphatic carbocycles. The molecule has 0 spiro atoms. The van der Waals surface area contributed by atoms with Crippen LogP contribution in [0.1, 0.15) is 7.43 Å². The van der Waals surface area contributed by atoms with Crippen molar-refractivity contribution in [3.8, 4) is 44.8 Å². The van der Waals surface area contributed by atoms with Crippen molar-refractivity contribution >= 4 is 37.9 Å². The Labute approximate surface area is 295 Å². The van der Waals surface area contributed by atoms with Crippen LogP contribution in [0.2, 0.25) is 0 Å². The molecule has 2 aromatic heterocycles. The zero-order valence-corrected chi connectivity index (χ0v) is 27.3. The molecule has 4 N–H and O–H groups in total. The molecule has 0 fully saturated rings. The van der Waals surface area contributed by atoms with Crippen LogP contribution < -0.4 is 0 Å². The lowest BCUT2D eigenvalue weighted by Gasteiger charge is -2.05. The lowest BCUT2D eigenvalue weighted by molar-refractivity contribution is -0.384. The van der Waals surface area contributed by atoms with Crippen LogP contribution in [-0.2, 0) is 10.4 Å². The van der Waals surface area contributed by atoms with Crippen LogP contribution in [-0.4, -0.2) is 32.4 Å². The van der Waals surface area contributed by atoms with Gasteiger partial charge >= 0.3 is 10.4 Å². The van der Waals surface area contributed by atoms with E-state index in [0.29, 0.717) is 0 Å². The van der Waals surface area contributed by atoms with Crippen LogP contribution in [0.4, 0.5) is 5.69 Å². The Balaban J connectivity index is 0.000000173. The molecule has 2 heterocycles. The molecule has 9 nitrogen and oxygen atoms in total. The van der Waals surface area contributed by atoms with Crippen molar-refractivity contribution in [3.05, 3.63) is 174 Å². The van der Waals surface area contributed by atoms with Gasteiger partial charge in [0.15, 0.2) is 0 Å². The van der Waals surface area contributed by atoms with Crippen molar-refractivity contribution < 1.29 is 22.4 Å². The topological polar surface area (TPSA) is 149 Å². The first-order chi connectivity index (χ1) is 24.2. The number of hydrogen-bond donors (Lipinski definition) is 4. The summed E-state index contributed by atoms with van der Waals surface area (Å²) in [6.45, 7) is 0. The summed E-state index contributed by atoms with van der Waals surface area (Å²) in [4.78, 5) is 17.6. The number of nitrogens with zero attached hydrogens (tertiary/aromatic N) is 1. The Morgan fingerprint density at radius 3 is 1.16 bits per heavy atom. The van der Waals surface area contributed by atoms with Crippen molar-refractivity contribution in [1.29, 1.82) is 0 Å². The molecule has 0 radical (unpaired) electrons. The molecule has 0 bridgehead atoms. The van der Waals surface area contributed by atoms with E-state index in [4.69, 9.17) is 17.5 Å². The van der Waals surface area contributed by atoms with Crippen LogP contribution in [0.5, 0.6) is 0 Å². The number of benzene rings is 6. The molecule has 0 saturated heterocycles. The largest absolute Gasteiger partial charge is 0.394 e. The van der Waals surface area contributed by atoms with Crippen molar-refractivity contribution in [2.24, 2.45) is 0 Å². The van der Waals surface area contributed by atoms with Crippen LogP contribution in [0, 0.1) is 10.1 Å². The molecule has 0 amide bonds. The van der Waals surface area contributed by atoms with Crippen LogP contribution in [0.15, 0.2) is 164 Å². The first kappa shape index (κ1) is 36.0. The van der Waals surface area contributed by atoms with E-state index < -0.39 is 10.4 Å². The Morgan fingerprint density at radius 1 is 0.471 bits per heavy atom. The highest BCUT2D eigenvalue weighted by molar-refractivity contribution is 7.79. The average Bonchev–Trinajstić information content (AvgIpc) is 3.72. The third-order valence-corrected chi connectivity index (χ3v) is 7.97. The van der Waals surface area contributed by atoms with Gasteiger partial charge in [0.1, 0.15) is 0 Å². The first-order valence-corrected chi connectivity index (χ1v) is 16.9. The molecule has 6 aromatic carbocycles. The monoisotopic (exact) mass is 697 g/mol. The van der Waals surface area contributed by atoms with E-state index in [1.807, 2.05) is 42.5 Å². The van der Waals surface area contributed by atoms with Crippen LogP contribution >= 0.6 is 0 Å². The Bertz CT molecular complexity index is 2470. The van der Waals surface area contributed by atoms with Crippen LogP contribution in [0.3, 0.4) is 0 Å². The minimum absolute atomic E-state index is 0. The molecule has 0 aliphatic rings. The van der Waals surface area contributed by atoms with Gasteiger partial charge in [0.2, 0.25) is 0 Å². The fraction of sp³-hybridized carbons (Fsp3) is 0.0244. The summed E-state index contributed by atoms with van der Waals surface area (Å²) in [6.07, 6.45) is 0. The summed E-state index contributed by atoms with van der Waals surface area (Å²) in [6, 6.07) is 54.5. The summed E-state index contributed by atoms with van der Waals surface area (Å²) in [7, 11) is -4.67. The number of nitrogens with one attached hydrogen (secondary N) is 2. The number of nitro groups is 1. The highest BCUT2D eigenvalue weighted by Crippen LogP contribution is 2.39. The summed E-state index contributed by atoms with van der Waals surface area (Å²) < 4.78 is 31.6. The number of H-pyrrole nitrogens is 2. The molecule has 0 saturated carbocycles. The minimum atomic E-state index is -4.67. The molecular formula is C41H35N3O6S. The number of rotatable bonds is 5. The van der Waals surface area contributed by atoms with Gasteiger partial charge in [0, 0.05) is 45.1 Å². The molecule has 8 rings (SSSR count). The van der Waals surface area contributed by atoms with E-state index in [1.54, 1.807) is 24.3 Å². The second-order valence-corrected chi connectivity index (χ2v) is 12.1. The zero-order valence-electron chi connectivity index (χ0n) is 26.5. The SMILES string of the molecule is C.O=S(=O)(O)O.O=[N+]([O-])c1ccc(-c2c(-c3ccccc3)[nH]c3ccccc23)cc1.c1ccc(-c2[nH]c3ccccc3c2-c2ccccc2)cc1. The molecule has 0 aliphatic heterocycles. The number of aromatic nitrogens is 2. The molecule has 51 heavy (non-hydrogen) atoms. The zero-order chi connectivity index (χ0) is 35.1.